The van der Waals surface area contributed by atoms with Crippen LogP contribution in [0.2, 0.25) is 0 Å². The van der Waals surface area contributed by atoms with Crippen molar-refractivity contribution in [2.24, 2.45) is 5.92 Å². The van der Waals surface area contributed by atoms with Crippen molar-refractivity contribution < 1.29 is 13.2 Å². The van der Waals surface area contributed by atoms with Crippen LogP contribution in [0.5, 0.6) is 0 Å². The molecule has 4 heterocycles. The number of nitrogens with one attached hydrogen (secondary N) is 1. The lowest BCUT2D eigenvalue weighted by atomic mass is 9.99. The number of hydrogen-bond acceptors (Lipinski definition) is 7. The number of aromatic nitrogens is 1. The van der Waals surface area contributed by atoms with E-state index in [2.05, 4.69) is 26.2 Å². The maximum atomic E-state index is 12.7. The van der Waals surface area contributed by atoms with Crippen molar-refractivity contribution in [2.45, 2.75) is 17.1 Å². The van der Waals surface area contributed by atoms with Crippen LogP contribution in [-0.2, 0) is 14.8 Å². The van der Waals surface area contributed by atoms with Gasteiger partial charge in [0, 0.05) is 18.5 Å². The van der Waals surface area contributed by atoms with Gasteiger partial charge in [0.05, 0.1) is 20.3 Å². The first-order chi connectivity index (χ1) is 13.4. The van der Waals surface area contributed by atoms with Crippen LogP contribution >= 0.6 is 49.9 Å². The zero-order valence-electron chi connectivity index (χ0n) is 14.5. The molecule has 6 nitrogen and oxygen atoms in total. The first-order valence-electron chi connectivity index (χ1n) is 8.49. The average molecular weight is 519 g/mol. The number of carbonyl (C=O) groups is 1. The lowest BCUT2D eigenvalue weighted by molar-refractivity contribution is -0.120. The van der Waals surface area contributed by atoms with Gasteiger partial charge in [-0.15, -0.1) is 34.0 Å². The molecule has 11 heteroatoms. The number of amides is 1. The number of anilines is 1. The molecule has 0 saturated carbocycles. The van der Waals surface area contributed by atoms with E-state index in [-0.39, 0.29) is 18.4 Å². The Balaban J connectivity index is 1.43. The van der Waals surface area contributed by atoms with Crippen molar-refractivity contribution in [1.82, 2.24) is 9.29 Å². The summed E-state index contributed by atoms with van der Waals surface area (Å²) in [6, 6.07) is 7.26. The molecule has 1 amide bonds. The number of thiophene rings is 2. The fourth-order valence-corrected chi connectivity index (χ4v) is 7.82. The Hall–Kier alpha value is -1.11. The molecule has 0 aliphatic carbocycles. The second-order valence-corrected chi connectivity index (χ2v) is 12.7. The van der Waals surface area contributed by atoms with Gasteiger partial charge >= 0.3 is 0 Å². The smallest absolute Gasteiger partial charge is 0.252 e. The first-order valence-corrected chi connectivity index (χ1v) is 13.3. The van der Waals surface area contributed by atoms with Gasteiger partial charge in [0.15, 0.2) is 5.13 Å². The van der Waals surface area contributed by atoms with Crippen LogP contribution < -0.4 is 5.32 Å². The van der Waals surface area contributed by atoms with Crippen molar-refractivity contribution in [1.29, 1.82) is 0 Å². The predicted molar refractivity (Wildman–Crippen MR) is 118 cm³/mol. The highest BCUT2D eigenvalue weighted by molar-refractivity contribution is 9.11. The van der Waals surface area contributed by atoms with E-state index in [1.165, 1.54) is 27.0 Å². The normalized spacial score (nSPS) is 18.2. The van der Waals surface area contributed by atoms with E-state index < -0.39 is 10.0 Å². The summed E-state index contributed by atoms with van der Waals surface area (Å²) in [6.45, 7) is 0.640. The van der Waals surface area contributed by atoms with Crippen molar-refractivity contribution in [2.75, 3.05) is 18.4 Å². The van der Waals surface area contributed by atoms with Gasteiger partial charge in [-0.25, -0.2) is 13.4 Å². The maximum absolute atomic E-state index is 12.7. The lowest BCUT2D eigenvalue weighted by Gasteiger charge is -2.30. The minimum atomic E-state index is -3.53. The van der Waals surface area contributed by atoms with Gasteiger partial charge in [-0.2, -0.15) is 4.31 Å². The van der Waals surface area contributed by atoms with E-state index in [9.17, 15) is 13.2 Å². The Morgan fingerprint density at radius 1 is 1.29 bits per heavy atom. The van der Waals surface area contributed by atoms with E-state index in [1.54, 1.807) is 28.8 Å². The summed E-state index contributed by atoms with van der Waals surface area (Å²) in [5.41, 5.74) is 0.821. The largest absolute Gasteiger partial charge is 0.302 e. The third-order valence-corrected chi connectivity index (χ3v) is 10.0. The highest BCUT2D eigenvalue weighted by Crippen LogP contribution is 2.33. The van der Waals surface area contributed by atoms with Crippen molar-refractivity contribution in [3.8, 4) is 10.6 Å². The summed E-state index contributed by atoms with van der Waals surface area (Å²) in [4.78, 5) is 18.2. The third-order valence-electron chi connectivity index (χ3n) is 4.40. The van der Waals surface area contributed by atoms with Crippen LogP contribution in [0.4, 0.5) is 5.13 Å². The molecule has 3 aromatic heterocycles. The molecule has 1 fully saturated rings. The van der Waals surface area contributed by atoms with Gasteiger partial charge in [-0.1, -0.05) is 6.07 Å². The number of carbonyl (C=O) groups excluding carboxylic acids is 1. The van der Waals surface area contributed by atoms with Gasteiger partial charge in [0.2, 0.25) is 5.91 Å². The number of rotatable bonds is 5. The third kappa shape index (κ3) is 4.24. The zero-order chi connectivity index (χ0) is 19.7. The highest BCUT2D eigenvalue weighted by atomic mass is 79.9. The number of hydrogen-bond donors (Lipinski definition) is 1. The quantitative estimate of drug-likeness (QED) is 0.530. The topological polar surface area (TPSA) is 79.4 Å². The summed E-state index contributed by atoms with van der Waals surface area (Å²) in [5, 5.41) is 7.04. The molecule has 4 rings (SSSR count). The van der Waals surface area contributed by atoms with Gasteiger partial charge in [0.25, 0.3) is 10.0 Å². The molecule has 1 N–H and O–H groups in total. The molecule has 1 aliphatic heterocycles. The van der Waals surface area contributed by atoms with E-state index >= 15 is 0 Å². The standard InChI is InChI=1S/C17H16BrN3O3S4/c18-14-6-5-13(27-14)12-10-26-17(19-12)20-16(22)11-3-1-7-21(9-11)28(23,24)15-4-2-8-25-15/h2,4-6,8,10-11H,1,3,7,9H2,(H,19,20,22). The fraction of sp³-hybridized carbons (Fsp3) is 0.294. The predicted octanol–water partition coefficient (Wildman–Crippen LogP) is 4.74. The molecular formula is C17H16BrN3O3S4. The zero-order valence-corrected chi connectivity index (χ0v) is 19.4. The Morgan fingerprint density at radius 2 is 2.14 bits per heavy atom. The highest BCUT2D eigenvalue weighted by Gasteiger charge is 2.34. The van der Waals surface area contributed by atoms with Crippen LogP contribution in [0.15, 0.2) is 43.0 Å². The van der Waals surface area contributed by atoms with Crippen LogP contribution in [-0.4, -0.2) is 36.7 Å². The van der Waals surface area contributed by atoms with E-state index in [0.29, 0.717) is 28.7 Å². The van der Waals surface area contributed by atoms with Crippen LogP contribution in [0.25, 0.3) is 10.6 Å². The van der Waals surface area contributed by atoms with E-state index in [4.69, 9.17) is 0 Å². The summed E-state index contributed by atoms with van der Waals surface area (Å²) in [6.07, 6.45) is 1.33. The molecule has 1 unspecified atom stereocenters. The number of halogens is 1. The number of sulfonamides is 1. The van der Waals surface area contributed by atoms with E-state index in [1.807, 2.05) is 17.5 Å². The number of thiazole rings is 1. The Kier molecular flexibility index (Phi) is 6.00. The second kappa shape index (κ2) is 8.33. The SMILES string of the molecule is O=C(Nc1nc(-c2ccc(Br)s2)cs1)C1CCCN(S(=O)(=O)c2cccs2)C1. The van der Waals surface area contributed by atoms with Crippen molar-refractivity contribution in [3.63, 3.8) is 0 Å². The van der Waals surface area contributed by atoms with Crippen molar-refractivity contribution in [3.05, 3.63) is 38.8 Å². The maximum Gasteiger partial charge on any atom is 0.252 e. The number of nitrogens with zero attached hydrogens (tertiary/aromatic N) is 2. The second-order valence-electron chi connectivity index (χ2n) is 6.27. The lowest BCUT2D eigenvalue weighted by Crippen LogP contribution is -2.43. The summed E-state index contributed by atoms with van der Waals surface area (Å²) >= 11 is 7.58. The van der Waals surface area contributed by atoms with Crippen LogP contribution in [0.1, 0.15) is 12.8 Å². The van der Waals surface area contributed by atoms with E-state index in [0.717, 1.165) is 14.4 Å². The molecule has 1 atom stereocenters. The minimum Gasteiger partial charge on any atom is -0.302 e. The van der Waals surface area contributed by atoms with Crippen LogP contribution in [0.3, 0.4) is 0 Å². The molecular weight excluding hydrogens is 502 g/mol. The molecule has 1 aliphatic rings. The molecule has 28 heavy (non-hydrogen) atoms. The minimum absolute atomic E-state index is 0.181. The summed E-state index contributed by atoms with van der Waals surface area (Å²) < 4.78 is 28.2. The Morgan fingerprint density at radius 3 is 2.86 bits per heavy atom. The van der Waals surface area contributed by atoms with Gasteiger partial charge in [-0.05, 0) is 52.4 Å². The molecule has 1 saturated heterocycles. The van der Waals surface area contributed by atoms with Gasteiger partial charge < -0.3 is 5.32 Å². The average Bonchev–Trinajstić information content (AvgIpc) is 3.43. The molecule has 3 aromatic rings. The Bertz CT molecular complexity index is 1080. The fourth-order valence-electron chi connectivity index (χ4n) is 3.02. The van der Waals surface area contributed by atoms with Gasteiger partial charge in [-0.3, -0.25) is 4.79 Å². The monoisotopic (exact) mass is 517 g/mol. The Labute approximate surface area is 183 Å². The summed E-state index contributed by atoms with van der Waals surface area (Å²) in [7, 11) is -3.53. The van der Waals surface area contributed by atoms with Gasteiger partial charge in [0.1, 0.15) is 4.21 Å². The number of piperidine rings is 1. The summed E-state index contributed by atoms with van der Waals surface area (Å²) in [5.74, 6) is -0.564. The molecule has 0 spiro atoms. The molecule has 0 aromatic carbocycles. The van der Waals surface area contributed by atoms with Crippen LogP contribution in [0, 0.1) is 5.92 Å². The molecule has 0 bridgehead atoms. The first kappa shape index (κ1) is 20.2. The molecule has 148 valence electrons. The van der Waals surface area contributed by atoms with Crippen molar-refractivity contribution >= 4 is 71.0 Å². The molecule has 0 radical (unpaired) electrons.